The number of methoxy groups -OCH3 is 1. The minimum atomic E-state index is -0.487. The molecule has 0 fully saturated rings. The molecule has 4 aromatic rings. The predicted molar refractivity (Wildman–Crippen MR) is 136 cm³/mol. The zero-order valence-electron chi connectivity index (χ0n) is 20.7. The van der Waals surface area contributed by atoms with Gasteiger partial charge in [-0.05, 0) is 43.9 Å². The molecule has 0 N–H and O–H groups in total. The van der Waals surface area contributed by atoms with Crippen molar-refractivity contribution in [2.24, 2.45) is 5.92 Å². The first-order valence-electron chi connectivity index (χ1n) is 11.7. The lowest BCUT2D eigenvalue weighted by atomic mass is 10.0. The Kier molecular flexibility index (Phi) is 6.73. The lowest BCUT2D eigenvalue weighted by Gasteiger charge is -2.15. The van der Waals surface area contributed by atoms with Gasteiger partial charge in [-0.15, -0.1) is 0 Å². The Morgan fingerprint density at radius 3 is 2.51 bits per heavy atom. The van der Waals surface area contributed by atoms with Crippen molar-refractivity contribution in [2.45, 2.75) is 47.2 Å². The average molecular weight is 475 g/mol. The van der Waals surface area contributed by atoms with Crippen LogP contribution in [-0.4, -0.2) is 31.6 Å². The first-order valence-corrected chi connectivity index (χ1v) is 11.7. The molecule has 8 heteroatoms. The number of fused-ring (bicyclic) bond motifs is 1. The lowest BCUT2D eigenvalue weighted by Crippen LogP contribution is -2.40. The van der Waals surface area contributed by atoms with E-state index in [-0.39, 0.29) is 30.0 Å². The fourth-order valence-electron chi connectivity index (χ4n) is 4.28. The number of ketones is 1. The minimum absolute atomic E-state index is 0.0655. The van der Waals surface area contributed by atoms with Crippen molar-refractivity contribution in [3.8, 4) is 11.4 Å². The van der Waals surface area contributed by atoms with Crippen molar-refractivity contribution in [3.63, 3.8) is 0 Å². The molecule has 0 atom stereocenters. The highest BCUT2D eigenvalue weighted by Gasteiger charge is 2.22. The van der Waals surface area contributed by atoms with Crippen LogP contribution in [0.5, 0.6) is 5.75 Å². The number of benzene rings is 2. The van der Waals surface area contributed by atoms with Crippen LogP contribution in [0.15, 0.2) is 58.4 Å². The van der Waals surface area contributed by atoms with Crippen molar-refractivity contribution in [2.75, 3.05) is 7.11 Å². The third kappa shape index (κ3) is 4.56. The molecule has 0 saturated carbocycles. The number of imidazole rings is 1. The van der Waals surface area contributed by atoms with Crippen LogP contribution >= 0.6 is 0 Å². The number of hydrogen-bond acceptors (Lipinski definition) is 5. The van der Waals surface area contributed by atoms with E-state index in [1.807, 2.05) is 39.8 Å². The fraction of sp³-hybridized carbons (Fsp3) is 0.333. The van der Waals surface area contributed by atoms with Crippen LogP contribution in [0, 0.1) is 19.8 Å². The van der Waals surface area contributed by atoms with E-state index in [1.165, 1.54) is 27.1 Å². The van der Waals surface area contributed by atoms with E-state index in [2.05, 4.69) is 4.98 Å². The van der Waals surface area contributed by atoms with Gasteiger partial charge in [-0.25, -0.2) is 14.3 Å². The molecular weight excluding hydrogens is 444 g/mol. The highest BCUT2D eigenvalue weighted by atomic mass is 16.5. The number of rotatable bonds is 8. The molecule has 2 aromatic heterocycles. The molecule has 4 rings (SSSR count). The van der Waals surface area contributed by atoms with Crippen LogP contribution in [0.3, 0.4) is 0 Å². The van der Waals surface area contributed by atoms with Crippen LogP contribution in [-0.2, 0) is 13.1 Å². The van der Waals surface area contributed by atoms with Gasteiger partial charge >= 0.3 is 5.69 Å². The topological polar surface area (TPSA) is 88.1 Å². The third-order valence-electron chi connectivity index (χ3n) is 6.15. The number of carbonyl (C=O) groups is 1. The van der Waals surface area contributed by atoms with Crippen molar-refractivity contribution in [1.29, 1.82) is 0 Å². The molecule has 182 valence electrons. The van der Waals surface area contributed by atoms with E-state index in [4.69, 9.17) is 4.74 Å². The second kappa shape index (κ2) is 9.74. The Hall–Kier alpha value is -3.94. The second-order valence-electron chi connectivity index (χ2n) is 9.22. The van der Waals surface area contributed by atoms with Crippen LogP contribution in [0.4, 0.5) is 0 Å². The number of carbonyl (C=O) groups excluding carboxylic acids is 1. The van der Waals surface area contributed by atoms with Gasteiger partial charge in [-0.2, -0.15) is 0 Å². The van der Waals surface area contributed by atoms with E-state index < -0.39 is 11.2 Å². The minimum Gasteiger partial charge on any atom is -0.495 e. The van der Waals surface area contributed by atoms with Gasteiger partial charge in [0.25, 0.3) is 5.56 Å². The van der Waals surface area contributed by atoms with Gasteiger partial charge in [-0.3, -0.25) is 14.2 Å². The molecule has 0 radical (unpaired) electrons. The summed E-state index contributed by atoms with van der Waals surface area (Å²) in [7, 11) is 1.52. The first-order chi connectivity index (χ1) is 16.7. The van der Waals surface area contributed by atoms with Crippen molar-refractivity contribution < 1.29 is 9.53 Å². The standard InChI is InChI=1S/C27H30N4O4/c1-17(2)12-13-30-26(33)24-25(31(27(30)34)21-8-6-7-9-23(21)35-5)28-16-29(24)15-22(32)20-11-10-18(3)14-19(20)4/h6-11,14,16-17H,12-13,15H2,1-5H3. The average Bonchev–Trinajstić information content (AvgIpc) is 3.22. The maximum atomic E-state index is 13.6. The maximum absolute atomic E-state index is 13.6. The van der Waals surface area contributed by atoms with E-state index in [9.17, 15) is 14.4 Å². The van der Waals surface area contributed by atoms with E-state index in [1.54, 1.807) is 30.3 Å². The molecule has 2 aromatic carbocycles. The lowest BCUT2D eigenvalue weighted by molar-refractivity contribution is 0.0972. The van der Waals surface area contributed by atoms with Gasteiger partial charge < -0.3 is 9.30 Å². The summed E-state index contributed by atoms with van der Waals surface area (Å²) in [6.07, 6.45) is 2.10. The molecule has 8 nitrogen and oxygen atoms in total. The summed E-state index contributed by atoms with van der Waals surface area (Å²) in [4.78, 5) is 44.7. The Balaban J connectivity index is 1.93. The highest BCUT2D eigenvalue weighted by Crippen LogP contribution is 2.23. The molecular formula is C27H30N4O4. The maximum Gasteiger partial charge on any atom is 0.337 e. The summed E-state index contributed by atoms with van der Waals surface area (Å²) in [5.41, 5.74) is 2.48. The Labute approximate surface area is 203 Å². The smallest absolute Gasteiger partial charge is 0.337 e. The molecule has 2 heterocycles. The molecule has 0 aliphatic carbocycles. The zero-order valence-corrected chi connectivity index (χ0v) is 20.7. The van der Waals surface area contributed by atoms with Crippen LogP contribution in [0.25, 0.3) is 16.9 Å². The first kappa shape index (κ1) is 24.2. The second-order valence-corrected chi connectivity index (χ2v) is 9.22. The fourth-order valence-corrected chi connectivity index (χ4v) is 4.28. The number of ether oxygens (including phenoxy) is 1. The zero-order chi connectivity index (χ0) is 25.3. The van der Waals surface area contributed by atoms with Crippen molar-refractivity contribution >= 4 is 16.9 Å². The summed E-state index contributed by atoms with van der Waals surface area (Å²) < 4.78 is 9.65. The number of nitrogens with zero attached hydrogens (tertiary/aromatic N) is 4. The summed E-state index contributed by atoms with van der Waals surface area (Å²) in [5, 5.41) is 0. The van der Waals surface area contributed by atoms with E-state index >= 15 is 0 Å². The predicted octanol–water partition coefficient (Wildman–Crippen LogP) is 3.90. The van der Waals surface area contributed by atoms with Crippen molar-refractivity contribution in [3.05, 3.63) is 86.3 Å². The van der Waals surface area contributed by atoms with Gasteiger partial charge in [0, 0.05) is 12.1 Å². The highest BCUT2D eigenvalue weighted by molar-refractivity contribution is 5.98. The van der Waals surface area contributed by atoms with Gasteiger partial charge in [0.1, 0.15) is 5.75 Å². The molecule has 35 heavy (non-hydrogen) atoms. The monoisotopic (exact) mass is 474 g/mol. The normalized spacial score (nSPS) is 11.4. The van der Waals surface area contributed by atoms with Gasteiger partial charge in [0.15, 0.2) is 16.9 Å². The Morgan fingerprint density at radius 1 is 1.09 bits per heavy atom. The quantitative estimate of drug-likeness (QED) is 0.362. The van der Waals surface area contributed by atoms with E-state index in [0.717, 1.165) is 11.1 Å². The largest absolute Gasteiger partial charge is 0.495 e. The molecule has 0 unspecified atom stereocenters. The Morgan fingerprint density at radius 2 is 1.83 bits per heavy atom. The van der Waals surface area contributed by atoms with Gasteiger partial charge in [0.2, 0.25) is 0 Å². The molecule has 0 bridgehead atoms. The van der Waals surface area contributed by atoms with E-state index in [0.29, 0.717) is 29.3 Å². The van der Waals surface area contributed by atoms with Gasteiger partial charge in [0.05, 0.1) is 25.7 Å². The summed E-state index contributed by atoms with van der Waals surface area (Å²) in [6.45, 7) is 8.14. The summed E-state index contributed by atoms with van der Waals surface area (Å²) in [5.74, 6) is 0.642. The summed E-state index contributed by atoms with van der Waals surface area (Å²) in [6, 6.07) is 12.7. The molecule has 0 aliphatic heterocycles. The number of hydrogen-bond donors (Lipinski definition) is 0. The third-order valence-corrected chi connectivity index (χ3v) is 6.15. The number of aromatic nitrogens is 4. The SMILES string of the molecule is COc1ccccc1-n1c(=O)n(CCC(C)C)c(=O)c2c1ncn2CC(=O)c1ccc(C)cc1C. The number of aryl methyl sites for hydroxylation is 2. The van der Waals surface area contributed by atoms with Crippen LogP contribution in [0.2, 0.25) is 0 Å². The van der Waals surface area contributed by atoms with Gasteiger partial charge in [-0.1, -0.05) is 49.7 Å². The molecule has 0 spiro atoms. The molecule has 0 amide bonds. The van der Waals surface area contributed by atoms with Crippen LogP contribution < -0.4 is 16.0 Å². The number of Topliss-reactive ketones (excluding diaryl/α,β-unsaturated/α-hetero) is 1. The Bertz CT molecular complexity index is 1520. The van der Waals surface area contributed by atoms with Crippen LogP contribution in [0.1, 0.15) is 41.8 Å². The molecule has 0 aliphatic rings. The summed E-state index contributed by atoms with van der Waals surface area (Å²) >= 11 is 0. The molecule has 0 saturated heterocycles. The van der Waals surface area contributed by atoms with Crippen molar-refractivity contribution in [1.82, 2.24) is 18.7 Å². The number of para-hydroxylation sites is 2.